The first-order valence-corrected chi connectivity index (χ1v) is 9.27. The predicted molar refractivity (Wildman–Crippen MR) is 102 cm³/mol. The molecule has 2 rings (SSSR count). The lowest BCUT2D eigenvalue weighted by Crippen LogP contribution is -2.54. The Morgan fingerprint density at radius 1 is 1.27 bits per heavy atom. The number of methoxy groups -OCH3 is 1. The number of hydrogen-bond acceptors (Lipinski definition) is 6. The van der Waals surface area contributed by atoms with Gasteiger partial charge in [0.2, 0.25) is 0 Å². The molecule has 6 nitrogen and oxygen atoms in total. The molecule has 1 aliphatic rings. The molecule has 1 aromatic rings. The van der Waals surface area contributed by atoms with E-state index in [1.165, 1.54) is 0 Å². The summed E-state index contributed by atoms with van der Waals surface area (Å²) in [5.74, 6) is 1.46. The fourth-order valence-electron chi connectivity index (χ4n) is 3.07. The number of nitrogens with zero attached hydrogens (tertiary/aromatic N) is 2. The second-order valence-corrected chi connectivity index (χ2v) is 7.11. The molecule has 0 unspecified atom stereocenters. The minimum atomic E-state index is 0.0902. The Morgan fingerprint density at radius 2 is 2.04 bits per heavy atom. The molecule has 1 fully saturated rings. The Labute approximate surface area is 157 Å². The quantitative estimate of drug-likeness (QED) is 0.646. The monoisotopic (exact) mass is 361 g/mol. The van der Waals surface area contributed by atoms with E-state index in [9.17, 15) is 0 Å². The van der Waals surface area contributed by atoms with E-state index in [0.29, 0.717) is 13.0 Å². The molecular weight excluding hydrogens is 330 g/mol. The highest BCUT2D eigenvalue weighted by molar-refractivity contribution is 5.43. The summed E-state index contributed by atoms with van der Waals surface area (Å²) in [4.78, 5) is 2.47. The minimum Gasteiger partial charge on any atom is -0.493 e. The van der Waals surface area contributed by atoms with Crippen LogP contribution in [0.25, 0.3) is 0 Å². The average Bonchev–Trinajstić information content (AvgIpc) is 2.66. The van der Waals surface area contributed by atoms with Gasteiger partial charge in [0, 0.05) is 38.1 Å². The predicted octanol–water partition coefficient (Wildman–Crippen LogP) is 2.58. The zero-order valence-electron chi connectivity index (χ0n) is 16.2. The fourth-order valence-corrected chi connectivity index (χ4v) is 3.07. The maximum atomic E-state index is 8.62. The van der Waals surface area contributed by atoms with Crippen LogP contribution in [0, 0.1) is 11.3 Å². The van der Waals surface area contributed by atoms with Crippen molar-refractivity contribution in [1.29, 1.82) is 5.26 Å². The van der Waals surface area contributed by atoms with E-state index in [-0.39, 0.29) is 5.54 Å². The summed E-state index contributed by atoms with van der Waals surface area (Å²) in [7, 11) is 1.64. The largest absolute Gasteiger partial charge is 0.493 e. The van der Waals surface area contributed by atoms with E-state index in [0.717, 1.165) is 62.9 Å². The van der Waals surface area contributed by atoms with E-state index >= 15 is 0 Å². The lowest BCUT2D eigenvalue weighted by atomic mass is 10.0. The van der Waals surface area contributed by atoms with Gasteiger partial charge < -0.3 is 19.5 Å². The third kappa shape index (κ3) is 6.17. The van der Waals surface area contributed by atoms with Crippen LogP contribution in [0.2, 0.25) is 0 Å². The summed E-state index contributed by atoms with van der Waals surface area (Å²) in [6.07, 6.45) is 1.22. The molecule has 0 radical (unpaired) electrons. The van der Waals surface area contributed by atoms with Gasteiger partial charge in [0.15, 0.2) is 11.5 Å². The van der Waals surface area contributed by atoms with Crippen molar-refractivity contribution in [2.75, 3.05) is 46.6 Å². The maximum absolute atomic E-state index is 8.62. The van der Waals surface area contributed by atoms with E-state index in [2.05, 4.69) is 36.2 Å². The zero-order chi connectivity index (χ0) is 18.8. The van der Waals surface area contributed by atoms with Crippen molar-refractivity contribution < 1.29 is 14.2 Å². The van der Waals surface area contributed by atoms with Crippen LogP contribution in [0.4, 0.5) is 0 Å². The molecule has 0 atom stereocenters. The average molecular weight is 361 g/mol. The molecule has 0 spiro atoms. The lowest BCUT2D eigenvalue weighted by molar-refractivity contribution is -0.00967. The number of unbranched alkanes of at least 4 members (excludes halogenated alkanes) is 1. The van der Waals surface area contributed by atoms with Gasteiger partial charge in [0.25, 0.3) is 0 Å². The van der Waals surface area contributed by atoms with Gasteiger partial charge in [-0.25, -0.2) is 0 Å². The summed E-state index contributed by atoms with van der Waals surface area (Å²) < 4.78 is 16.6. The molecule has 1 saturated heterocycles. The highest BCUT2D eigenvalue weighted by atomic mass is 16.5. The van der Waals surface area contributed by atoms with Gasteiger partial charge in [-0.2, -0.15) is 5.26 Å². The van der Waals surface area contributed by atoms with Crippen LogP contribution >= 0.6 is 0 Å². The van der Waals surface area contributed by atoms with Crippen molar-refractivity contribution in [3.8, 4) is 17.6 Å². The first-order chi connectivity index (χ1) is 12.6. The Hall–Kier alpha value is -1.81. The van der Waals surface area contributed by atoms with Gasteiger partial charge in [0.05, 0.1) is 33.0 Å². The number of benzene rings is 1. The second-order valence-electron chi connectivity index (χ2n) is 7.11. The molecule has 144 valence electrons. The molecule has 6 heteroatoms. The van der Waals surface area contributed by atoms with Crippen molar-refractivity contribution in [1.82, 2.24) is 10.2 Å². The van der Waals surface area contributed by atoms with Gasteiger partial charge in [0.1, 0.15) is 0 Å². The maximum Gasteiger partial charge on any atom is 0.161 e. The molecule has 0 aliphatic carbocycles. The summed E-state index contributed by atoms with van der Waals surface area (Å²) in [6, 6.07) is 8.13. The highest BCUT2D eigenvalue weighted by Gasteiger charge is 2.27. The van der Waals surface area contributed by atoms with Crippen LogP contribution < -0.4 is 14.8 Å². The number of ether oxygens (including phenoxy) is 3. The van der Waals surface area contributed by atoms with Crippen LogP contribution in [0.5, 0.6) is 11.5 Å². The summed E-state index contributed by atoms with van der Waals surface area (Å²) in [6.45, 7) is 10.3. The molecular formula is C20H31N3O3. The summed E-state index contributed by atoms with van der Waals surface area (Å²) in [5.41, 5.74) is 1.24. The van der Waals surface area contributed by atoms with Crippen LogP contribution in [0.1, 0.15) is 32.3 Å². The van der Waals surface area contributed by atoms with Crippen LogP contribution in [-0.2, 0) is 11.3 Å². The first-order valence-electron chi connectivity index (χ1n) is 9.27. The zero-order valence-corrected chi connectivity index (χ0v) is 16.2. The number of morpholine rings is 1. The SMILES string of the molecule is COc1ccc(CNCC(C)(C)N2CCOCC2)cc1OCCCC#N. The highest BCUT2D eigenvalue weighted by Crippen LogP contribution is 2.28. The van der Waals surface area contributed by atoms with E-state index < -0.39 is 0 Å². The van der Waals surface area contributed by atoms with Crippen LogP contribution in [-0.4, -0.2) is 57.0 Å². The first kappa shape index (κ1) is 20.5. The van der Waals surface area contributed by atoms with Crippen molar-refractivity contribution in [3.05, 3.63) is 23.8 Å². The van der Waals surface area contributed by atoms with Gasteiger partial charge in [-0.05, 0) is 38.0 Å². The second kappa shape index (κ2) is 10.4. The number of hydrogen-bond donors (Lipinski definition) is 1. The van der Waals surface area contributed by atoms with E-state index in [4.69, 9.17) is 19.5 Å². The van der Waals surface area contributed by atoms with Gasteiger partial charge in [-0.1, -0.05) is 6.07 Å². The molecule has 0 saturated carbocycles. The summed E-state index contributed by atoms with van der Waals surface area (Å²) >= 11 is 0. The molecule has 0 aromatic heterocycles. The summed E-state index contributed by atoms with van der Waals surface area (Å²) in [5, 5.41) is 12.2. The Bertz CT molecular complexity index is 592. The Kier molecular flexibility index (Phi) is 8.17. The van der Waals surface area contributed by atoms with Gasteiger partial charge in [-0.15, -0.1) is 0 Å². The van der Waals surface area contributed by atoms with Gasteiger partial charge in [-0.3, -0.25) is 4.90 Å². The lowest BCUT2D eigenvalue weighted by Gasteiger charge is -2.41. The van der Waals surface area contributed by atoms with Crippen molar-refractivity contribution >= 4 is 0 Å². The molecule has 0 amide bonds. The van der Waals surface area contributed by atoms with E-state index in [1.807, 2.05) is 12.1 Å². The van der Waals surface area contributed by atoms with Crippen molar-refractivity contribution in [3.63, 3.8) is 0 Å². The smallest absolute Gasteiger partial charge is 0.161 e. The third-order valence-electron chi connectivity index (χ3n) is 4.67. The fraction of sp³-hybridized carbons (Fsp3) is 0.650. The molecule has 1 aliphatic heterocycles. The topological polar surface area (TPSA) is 66.8 Å². The molecule has 0 bridgehead atoms. The van der Waals surface area contributed by atoms with E-state index in [1.54, 1.807) is 7.11 Å². The Balaban J connectivity index is 1.87. The minimum absolute atomic E-state index is 0.0902. The standard InChI is InChI=1S/C20H31N3O3/c1-20(2,23-9-12-25-13-10-23)16-22-15-17-6-7-18(24-3)19(14-17)26-11-5-4-8-21/h6-7,14,22H,4-5,9-13,15-16H2,1-3H3. The van der Waals surface area contributed by atoms with Crippen molar-refractivity contribution in [2.24, 2.45) is 0 Å². The molecule has 1 aromatic carbocycles. The Morgan fingerprint density at radius 3 is 2.73 bits per heavy atom. The molecule has 1 heterocycles. The molecule has 26 heavy (non-hydrogen) atoms. The number of nitrogens with one attached hydrogen (secondary N) is 1. The number of rotatable bonds is 10. The van der Waals surface area contributed by atoms with Crippen LogP contribution in [0.3, 0.4) is 0 Å². The molecule has 1 N–H and O–H groups in total. The normalized spacial score (nSPS) is 15.5. The van der Waals surface area contributed by atoms with Crippen LogP contribution in [0.15, 0.2) is 18.2 Å². The van der Waals surface area contributed by atoms with Crippen molar-refractivity contribution in [2.45, 2.75) is 38.8 Å². The van der Waals surface area contributed by atoms with Gasteiger partial charge >= 0.3 is 0 Å². The third-order valence-corrected chi connectivity index (χ3v) is 4.67. The number of nitriles is 1.